The molecule has 1 saturated carbocycles. The minimum Gasteiger partial charge on any atom is -0.454 e. The Kier molecular flexibility index (Phi) is 5.82. The zero-order chi connectivity index (χ0) is 16.8. The highest BCUT2D eigenvalue weighted by molar-refractivity contribution is 5.82. The molecule has 0 aromatic heterocycles. The van der Waals surface area contributed by atoms with E-state index in [0.717, 1.165) is 25.7 Å². The lowest BCUT2D eigenvalue weighted by molar-refractivity contribution is -0.151. The third-order valence-electron chi connectivity index (χ3n) is 4.85. The number of carbonyl (C=O) groups is 2. The summed E-state index contributed by atoms with van der Waals surface area (Å²) in [7, 11) is 0. The van der Waals surface area contributed by atoms with Crippen molar-refractivity contribution in [3.63, 3.8) is 0 Å². The second-order valence-electron chi connectivity index (χ2n) is 6.51. The first-order chi connectivity index (χ1) is 11.7. The summed E-state index contributed by atoms with van der Waals surface area (Å²) >= 11 is 0. The van der Waals surface area contributed by atoms with Gasteiger partial charge in [0.15, 0.2) is 6.61 Å². The van der Waals surface area contributed by atoms with Gasteiger partial charge in [-0.1, -0.05) is 43.2 Å². The van der Waals surface area contributed by atoms with Crippen molar-refractivity contribution in [3.05, 3.63) is 35.9 Å². The molecule has 6 heteroatoms. The number of hydrogen-bond donors (Lipinski definition) is 3. The van der Waals surface area contributed by atoms with E-state index < -0.39 is 0 Å². The summed E-state index contributed by atoms with van der Waals surface area (Å²) in [6.07, 6.45) is 5.21. The van der Waals surface area contributed by atoms with Gasteiger partial charge in [0.1, 0.15) is 6.04 Å². The molecule has 0 bridgehead atoms. The predicted molar refractivity (Wildman–Crippen MR) is 89.9 cm³/mol. The molecule has 1 saturated heterocycles. The Morgan fingerprint density at radius 3 is 2.75 bits per heavy atom. The van der Waals surface area contributed by atoms with Gasteiger partial charge in [-0.15, -0.1) is 0 Å². The number of hydrogen-bond acceptors (Lipinski definition) is 5. The molecular weight excluding hydrogens is 306 g/mol. The molecule has 6 nitrogen and oxygen atoms in total. The molecule has 1 aromatic carbocycles. The van der Waals surface area contributed by atoms with Crippen molar-refractivity contribution in [2.75, 3.05) is 13.2 Å². The molecule has 0 spiro atoms. The van der Waals surface area contributed by atoms with Crippen molar-refractivity contribution in [1.29, 1.82) is 0 Å². The van der Waals surface area contributed by atoms with Crippen LogP contribution in [0.15, 0.2) is 30.3 Å². The van der Waals surface area contributed by atoms with Crippen LogP contribution in [0.3, 0.4) is 0 Å². The van der Waals surface area contributed by atoms with Crippen LogP contribution in [0.5, 0.6) is 0 Å². The quantitative estimate of drug-likeness (QED) is 0.676. The van der Waals surface area contributed by atoms with Crippen molar-refractivity contribution < 1.29 is 14.3 Å². The van der Waals surface area contributed by atoms with Crippen LogP contribution in [-0.2, 0) is 20.7 Å². The van der Waals surface area contributed by atoms with E-state index in [-0.39, 0.29) is 30.4 Å². The van der Waals surface area contributed by atoms with Gasteiger partial charge >= 0.3 is 5.97 Å². The minimum absolute atomic E-state index is 0.219. The Bertz CT molecular complexity index is 564. The van der Waals surface area contributed by atoms with Crippen LogP contribution >= 0.6 is 0 Å². The zero-order valence-corrected chi connectivity index (χ0v) is 13.8. The summed E-state index contributed by atoms with van der Waals surface area (Å²) < 4.78 is 5.19. The largest absolute Gasteiger partial charge is 0.454 e. The molecule has 1 aliphatic carbocycles. The Morgan fingerprint density at radius 1 is 1.12 bits per heavy atom. The van der Waals surface area contributed by atoms with Crippen LogP contribution in [0.25, 0.3) is 0 Å². The number of fused-ring (bicyclic) bond motifs is 1. The lowest BCUT2D eigenvalue weighted by Gasteiger charge is -2.26. The van der Waals surface area contributed by atoms with E-state index >= 15 is 0 Å². The number of carbonyl (C=O) groups excluding carboxylic acids is 2. The summed E-state index contributed by atoms with van der Waals surface area (Å²) in [6.45, 7) is 0.317. The molecule has 1 amide bonds. The molecular formula is C18H25N3O3. The van der Waals surface area contributed by atoms with Gasteiger partial charge in [-0.25, -0.2) is 5.43 Å². The number of benzene rings is 1. The fraction of sp³-hybridized carbons (Fsp3) is 0.556. The Morgan fingerprint density at radius 2 is 1.92 bits per heavy atom. The van der Waals surface area contributed by atoms with Gasteiger partial charge in [0.25, 0.3) is 5.91 Å². The summed E-state index contributed by atoms with van der Waals surface area (Å²) in [5, 5.41) is 2.78. The maximum Gasteiger partial charge on any atom is 0.325 e. The Balaban J connectivity index is 1.36. The van der Waals surface area contributed by atoms with Crippen LogP contribution in [0.2, 0.25) is 0 Å². The Labute approximate surface area is 142 Å². The highest BCUT2D eigenvalue weighted by Crippen LogP contribution is 2.30. The van der Waals surface area contributed by atoms with Crippen molar-refractivity contribution >= 4 is 11.9 Å². The van der Waals surface area contributed by atoms with Crippen LogP contribution in [-0.4, -0.2) is 37.1 Å². The van der Waals surface area contributed by atoms with Gasteiger partial charge in [0, 0.05) is 18.5 Å². The Hall–Kier alpha value is -1.92. The predicted octanol–water partition coefficient (Wildman–Crippen LogP) is 0.924. The van der Waals surface area contributed by atoms with E-state index in [4.69, 9.17) is 4.74 Å². The molecule has 1 aliphatic heterocycles. The standard InChI is InChI=1S/C18H25N3O3/c22-16(19-11-10-13-6-2-1-3-7-13)12-24-18(23)17-14-8-4-5-9-15(14)20-21-17/h1-3,6-7,14-15,17,20-21H,4-5,8-12H2,(H,19,22). The molecule has 130 valence electrons. The smallest absolute Gasteiger partial charge is 0.325 e. The molecule has 2 fully saturated rings. The third-order valence-corrected chi connectivity index (χ3v) is 4.85. The summed E-state index contributed by atoms with van der Waals surface area (Å²) in [5.74, 6) is -0.326. The number of rotatable bonds is 6. The van der Waals surface area contributed by atoms with Crippen LogP contribution in [0.4, 0.5) is 0 Å². The number of hydrazine groups is 1. The van der Waals surface area contributed by atoms with E-state index in [1.54, 1.807) is 0 Å². The van der Waals surface area contributed by atoms with Crippen molar-refractivity contribution in [2.24, 2.45) is 5.92 Å². The van der Waals surface area contributed by atoms with Crippen molar-refractivity contribution in [3.8, 4) is 0 Å². The average molecular weight is 331 g/mol. The molecule has 1 heterocycles. The maximum atomic E-state index is 12.2. The number of esters is 1. The summed E-state index contributed by atoms with van der Waals surface area (Å²) in [4.78, 5) is 24.0. The minimum atomic E-state index is -0.340. The first kappa shape index (κ1) is 16.9. The first-order valence-electron chi connectivity index (χ1n) is 8.72. The molecule has 3 unspecified atom stereocenters. The highest BCUT2D eigenvalue weighted by Gasteiger charge is 2.41. The van der Waals surface area contributed by atoms with Crippen LogP contribution in [0, 0.1) is 5.92 Å². The topological polar surface area (TPSA) is 79.5 Å². The maximum absolute atomic E-state index is 12.2. The second-order valence-corrected chi connectivity index (χ2v) is 6.51. The van der Waals surface area contributed by atoms with E-state index in [1.165, 1.54) is 12.0 Å². The third kappa shape index (κ3) is 4.33. The van der Waals surface area contributed by atoms with Gasteiger partial charge in [0.05, 0.1) is 0 Å². The van der Waals surface area contributed by atoms with Gasteiger partial charge in [-0.3, -0.25) is 15.0 Å². The van der Waals surface area contributed by atoms with Crippen LogP contribution in [0.1, 0.15) is 31.2 Å². The summed E-state index contributed by atoms with van der Waals surface area (Å²) in [5.41, 5.74) is 7.37. The van der Waals surface area contributed by atoms with Crippen molar-refractivity contribution in [1.82, 2.24) is 16.2 Å². The molecule has 1 aromatic rings. The number of amides is 1. The van der Waals surface area contributed by atoms with Gasteiger partial charge in [0.2, 0.25) is 0 Å². The van der Waals surface area contributed by atoms with E-state index in [9.17, 15) is 9.59 Å². The van der Waals surface area contributed by atoms with Gasteiger partial charge in [-0.05, 0) is 24.8 Å². The molecule has 0 radical (unpaired) electrons. The molecule has 3 atom stereocenters. The molecule has 24 heavy (non-hydrogen) atoms. The normalized spacial score (nSPS) is 25.8. The number of nitrogens with one attached hydrogen (secondary N) is 3. The lowest BCUT2D eigenvalue weighted by atomic mass is 9.82. The van der Waals surface area contributed by atoms with E-state index in [0.29, 0.717) is 12.6 Å². The molecule has 3 rings (SSSR count). The van der Waals surface area contributed by atoms with Gasteiger partial charge in [-0.2, -0.15) is 0 Å². The van der Waals surface area contributed by atoms with E-state index in [1.807, 2.05) is 30.3 Å². The fourth-order valence-electron chi connectivity index (χ4n) is 3.54. The molecule has 3 N–H and O–H groups in total. The summed E-state index contributed by atoms with van der Waals surface area (Å²) in [6, 6.07) is 9.95. The fourth-order valence-corrected chi connectivity index (χ4v) is 3.54. The van der Waals surface area contributed by atoms with Crippen molar-refractivity contribution in [2.45, 2.75) is 44.2 Å². The average Bonchev–Trinajstić information content (AvgIpc) is 3.05. The highest BCUT2D eigenvalue weighted by atomic mass is 16.5. The van der Waals surface area contributed by atoms with Gasteiger partial charge < -0.3 is 10.1 Å². The monoisotopic (exact) mass is 331 g/mol. The molecule has 2 aliphatic rings. The SMILES string of the molecule is O=C(COC(=O)C1NNC2CCCCC21)NCCc1ccccc1. The number of ether oxygens (including phenoxy) is 1. The van der Waals surface area contributed by atoms with Crippen LogP contribution < -0.4 is 16.2 Å². The van der Waals surface area contributed by atoms with E-state index in [2.05, 4.69) is 16.2 Å². The first-order valence-corrected chi connectivity index (χ1v) is 8.72. The second kappa shape index (κ2) is 8.26. The zero-order valence-electron chi connectivity index (χ0n) is 13.8. The lowest BCUT2D eigenvalue weighted by Crippen LogP contribution is -2.41.